The number of fused-ring (bicyclic) bond motifs is 1. The van der Waals surface area contributed by atoms with Crippen LogP contribution in [0.15, 0.2) is 42.5 Å². The number of aromatic nitrogens is 2. The molecule has 3 aromatic rings. The summed E-state index contributed by atoms with van der Waals surface area (Å²) < 4.78 is 18.8. The molecule has 0 aliphatic carbocycles. The highest BCUT2D eigenvalue weighted by molar-refractivity contribution is 5.81. The number of H-pyrrole nitrogens is 1. The Morgan fingerprint density at radius 3 is 2.21 bits per heavy atom. The zero-order chi connectivity index (χ0) is 18.9. The van der Waals surface area contributed by atoms with Crippen LogP contribution in [0.2, 0.25) is 0 Å². The van der Waals surface area contributed by atoms with E-state index >= 15 is 0 Å². The molecule has 2 saturated heterocycles. The van der Waals surface area contributed by atoms with E-state index in [1.165, 1.54) is 23.5 Å². The van der Waals surface area contributed by atoms with Crippen molar-refractivity contribution >= 4 is 22.3 Å². The highest BCUT2D eigenvalue weighted by Crippen LogP contribution is 2.33. The lowest BCUT2D eigenvalue weighted by Gasteiger charge is -2.34. The van der Waals surface area contributed by atoms with Crippen LogP contribution in [0.1, 0.15) is 24.5 Å². The fourth-order valence-electron chi connectivity index (χ4n) is 4.43. The van der Waals surface area contributed by atoms with Gasteiger partial charge in [-0.3, -0.25) is 5.10 Å². The van der Waals surface area contributed by atoms with Gasteiger partial charge in [0.05, 0.1) is 24.4 Å². The standard InChI is InChI=1S/C22H25FN4O/c23-17-1-6-20-21(15-17)24-25-22(20)16-7-9-26(10-8-16)18-2-4-19(5-3-18)27-11-13-28-14-12-27/h1-6,15-16H,7-14H2,(H,24,25). The Kier molecular flexibility index (Phi) is 4.64. The lowest BCUT2D eigenvalue weighted by Crippen LogP contribution is -2.36. The van der Waals surface area contributed by atoms with Crippen LogP contribution in [0.3, 0.4) is 0 Å². The minimum Gasteiger partial charge on any atom is -0.378 e. The first-order chi connectivity index (χ1) is 13.8. The molecule has 6 heteroatoms. The van der Waals surface area contributed by atoms with Gasteiger partial charge in [0.2, 0.25) is 0 Å². The number of morpholine rings is 1. The number of aromatic amines is 1. The van der Waals surface area contributed by atoms with Crippen molar-refractivity contribution in [3.05, 3.63) is 54.0 Å². The quantitative estimate of drug-likeness (QED) is 0.748. The lowest BCUT2D eigenvalue weighted by atomic mass is 9.91. The smallest absolute Gasteiger partial charge is 0.125 e. The van der Waals surface area contributed by atoms with Crippen LogP contribution in [0.25, 0.3) is 10.9 Å². The van der Waals surface area contributed by atoms with E-state index in [4.69, 9.17) is 4.74 Å². The largest absolute Gasteiger partial charge is 0.378 e. The fourth-order valence-corrected chi connectivity index (χ4v) is 4.43. The van der Waals surface area contributed by atoms with Crippen LogP contribution in [-0.2, 0) is 4.74 Å². The molecular formula is C22H25FN4O. The van der Waals surface area contributed by atoms with E-state index in [1.54, 1.807) is 0 Å². The number of nitrogens with one attached hydrogen (secondary N) is 1. The third kappa shape index (κ3) is 3.33. The Balaban J connectivity index is 1.25. The molecule has 0 spiro atoms. The molecule has 2 aliphatic rings. The summed E-state index contributed by atoms with van der Waals surface area (Å²) in [5, 5.41) is 8.54. The zero-order valence-electron chi connectivity index (χ0n) is 15.9. The molecule has 1 aromatic heterocycles. The molecule has 1 N–H and O–H groups in total. The van der Waals surface area contributed by atoms with Crippen LogP contribution in [0.5, 0.6) is 0 Å². The number of hydrogen-bond acceptors (Lipinski definition) is 4. The van der Waals surface area contributed by atoms with Gasteiger partial charge in [-0.15, -0.1) is 0 Å². The van der Waals surface area contributed by atoms with Crippen molar-refractivity contribution in [2.24, 2.45) is 0 Å². The Morgan fingerprint density at radius 2 is 1.54 bits per heavy atom. The van der Waals surface area contributed by atoms with Crippen molar-refractivity contribution in [3.8, 4) is 0 Å². The van der Waals surface area contributed by atoms with Gasteiger partial charge in [-0.05, 0) is 55.3 Å². The second kappa shape index (κ2) is 7.43. The molecule has 0 atom stereocenters. The summed E-state index contributed by atoms with van der Waals surface area (Å²) in [5.74, 6) is 0.195. The van der Waals surface area contributed by atoms with Gasteiger partial charge >= 0.3 is 0 Å². The molecule has 146 valence electrons. The maximum atomic E-state index is 13.4. The first-order valence-corrected chi connectivity index (χ1v) is 10.1. The summed E-state index contributed by atoms with van der Waals surface area (Å²) >= 11 is 0. The van der Waals surface area contributed by atoms with Gasteiger partial charge in [-0.25, -0.2) is 4.39 Å². The summed E-state index contributed by atoms with van der Waals surface area (Å²) in [6.07, 6.45) is 2.12. The highest BCUT2D eigenvalue weighted by atomic mass is 19.1. The van der Waals surface area contributed by atoms with Crippen LogP contribution in [-0.4, -0.2) is 49.6 Å². The summed E-state index contributed by atoms with van der Waals surface area (Å²) in [5.41, 5.74) is 4.43. The molecule has 2 aromatic carbocycles. The van der Waals surface area contributed by atoms with Crippen molar-refractivity contribution in [3.63, 3.8) is 0 Å². The maximum absolute atomic E-state index is 13.4. The van der Waals surface area contributed by atoms with Gasteiger partial charge in [-0.1, -0.05) is 0 Å². The Bertz CT molecular complexity index is 941. The van der Waals surface area contributed by atoms with Gasteiger partial charge < -0.3 is 14.5 Å². The number of anilines is 2. The Labute approximate surface area is 164 Å². The molecule has 0 amide bonds. The van der Waals surface area contributed by atoms with E-state index in [0.29, 0.717) is 5.92 Å². The van der Waals surface area contributed by atoms with Crippen LogP contribution in [0, 0.1) is 5.82 Å². The molecule has 0 radical (unpaired) electrons. The summed E-state index contributed by atoms with van der Waals surface area (Å²) in [7, 11) is 0. The summed E-state index contributed by atoms with van der Waals surface area (Å²) in [6.45, 7) is 5.57. The second-order valence-corrected chi connectivity index (χ2v) is 7.68. The number of ether oxygens (including phenoxy) is 1. The monoisotopic (exact) mass is 380 g/mol. The summed E-state index contributed by atoms with van der Waals surface area (Å²) in [6, 6.07) is 13.8. The minimum absolute atomic E-state index is 0.224. The first kappa shape index (κ1) is 17.5. The van der Waals surface area contributed by atoms with Crippen molar-refractivity contribution in [1.82, 2.24) is 10.2 Å². The zero-order valence-corrected chi connectivity index (χ0v) is 15.9. The van der Waals surface area contributed by atoms with Crippen LogP contribution < -0.4 is 9.80 Å². The van der Waals surface area contributed by atoms with Crippen molar-refractivity contribution in [2.75, 3.05) is 49.2 Å². The van der Waals surface area contributed by atoms with Gasteiger partial charge in [0.25, 0.3) is 0 Å². The second-order valence-electron chi connectivity index (χ2n) is 7.68. The Morgan fingerprint density at radius 1 is 0.893 bits per heavy atom. The predicted molar refractivity (Wildman–Crippen MR) is 110 cm³/mol. The van der Waals surface area contributed by atoms with E-state index in [-0.39, 0.29) is 5.82 Å². The van der Waals surface area contributed by atoms with E-state index in [2.05, 4.69) is 44.3 Å². The number of nitrogens with zero attached hydrogens (tertiary/aromatic N) is 3. The van der Waals surface area contributed by atoms with E-state index in [9.17, 15) is 4.39 Å². The van der Waals surface area contributed by atoms with Gasteiger partial charge in [0.1, 0.15) is 5.82 Å². The number of piperidine rings is 1. The number of halogens is 1. The third-order valence-electron chi connectivity index (χ3n) is 6.03. The van der Waals surface area contributed by atoms with E-state index in [1.807, 2.05) is 6.07 Å². The molecular weight excluding hydrogens is 355 g/mol. The predicted octanol–water partition coefficient (Wildman–Crippen LogP) is 3.92. The SMILES string of the molecule is Fc1ccc2c(C3CCN(c4ccc(N5CCOCC5)cc4)CC3)n[nH]c2c1. The molecule has 2 aliphatic heterocycles. The molecule has 3 heterocycles. The highest BCUT2D eigenvalue weighted by Gasteiger charge is 2.24. The van der Waals surface area contributed by atoms with E-state index < -0.39 is 0 Å². The van der Waals surface area contributed by atoms with Crippen molar-refractivity contribution < 1.29 is 9.13 Å². The Hall–Kier alpha value is -2.60. The number of rotatable bonds is 3. The maximum Gasteiger partial charge on any atom is 0.125 e. The van der Waals surface area contributed by atoms with E-state index in [0.717, 1.165) is 68.8 Å². The van der Waals surface area contributed by atoms with Crippen molar-refractivity contribution in [1.29, 1.82) is 0 Å². The third-order valence-corrected chi connectivity index (χ3v) is 6.03. The van der Waals surface area contributed by atoms with Gasteiger partial charge in [-0.2, -0.15) is 5.10 Å². The topological polar surface area (TPSA) is 44.4 Å². The molecule has 0 bridgehead atoms. The average Bonchev–Trinajstić information content (AvgIpc) is 3.18. The first-order valence-electron chi connectivity index (χ1n) is 10.1. The minimum atomic E-state index is -0.224. The average molecular weight is 380 g/mol. The summed E-state index contributed by atoms with van der Waals surface area (Å²) in [4.78, 5) is 4.83. The normalized spacial score (nSPS) is 18.8. The van der Waals surface area contributed by atoms with Gasteiger partial charge in [0, 0.05) is 48.9 Å². The van der Waals surface area contributed by atoms with Crippen molar-refractivity contribution in [2.45, 2.75) is 18.8 Å². The molecule has 28 heavy (non-hydrogen) atoms. The molecule has 5 nitrogen and oxygen atoms in total. The number of hydrogen-bond donors (Lipinski definition) is 1. The lowest BCUT2D eigenvalue weighted by molar-refractivity contribution is 0.122. The van der Waals surface area contributed by atoms with Gasteiger partial charge in [0.15, 0.2) is 0 Å². The molecule has 0 saturated carbocycles. The van der Waals surface area contributed by atoms with Crippen LogP contribution >= 0.6 is 0 Å². The van der Waals surface area contributed by atoms with Crippen LogP contribution in [0.4, 0.5) is 15.8 Å². The molecule has 2 fully saturated rings. The number of benzene rings is 2. The fraction of sp³-hybridized carbons (Fsp3) is 0.409. The molecule has 0 unspecified atom stereocenters. The molecule has 5 rings (SSSR count).